The van der Waals surface area contributed by atoms with Crippen LogP contribution in [-0.4, -0.2) is 30.2 Å². The quantitative estimate of drug-likeness (QED) is 0.745. The van der Waals surface area contributed by atoms with Gasteiger partial charge in [0.1, 0.15) is 10.4 Å². The van der Waals surface area contributed by atoms with Crippen LogP contribution in [0.1, 0.15) is 55.5 Å². The number of aromatic nitrogens is 1. The van der Waals surface area contributed by atoms with Crippen LogP contribution in [0.4, 0.5) is 0 Å². The normalized spacial score (nSPS) is 16.6. The Bertz CT molecular complexity index is 889. The number of carbonyl (C=O) groups excluding carboxylic acids is 1. The highest BCUT2D eigenvalue weighted by atomic mass is 35.5. The molecule has 27 heavy (non-hydrogen) atoms. The topological polar surface area (TPSA) is 52.8 Å². The van der Waals surface area contributed by atoms with Gasteiger partial charge in [-0.1, -0.05) is 11.6 Å². The predicted octanol–water partition coefficient (Wildman–Crippen LogP) is 4.60. The molecule has 1 amide bonds. The highest BCUT2D eigenvalue weighted by Gasteiger charge is 2.23. The molecule has 0 unspecified atom stereocenters. The maximum absolute atomic E-state index is 12.9. The number of ether oxygens (including phenoxy) is 2. The first-order chi connectivity index (χ1) is 12.8. The molecule has 2 heterocycles. The molecular weight excluding hydrogens is 384 g/mol. The van der Waals surface area contributed by atoms with Gasteiger partial charge in [0.25, 0.3) is 5.91 Å². The molecule has 1 aliphatic heterocycles. The average molecular weight is 409 g/mol. The maximum Gasteiger partial charge on any atom is 0.282 e. The van der Waals surface area contributed by atoms with Gasteiger partial charge in [-0.25, -0.2) is 0 Å². The zero-order valence-electron chi connectivity index (χ0n) is 16.1. The van der Waals surface area contributed by atoms with Crippen molar-refractivity contribution in [3.05, 3.63) is 45.2 Å². The molecule has 0 N–H and O–H groups in total. The summed E-state index contributed by atoms with van der Waals surface area (Å²) in [6, 6.07) is 4.99. The number of halogens is 1. The molecule has 0 spiro atoms. The minimum atomic E-state index is -0.342. The van der Waals surface area contributed by atoms with E-state index in [0.29, 0.717) is 22.3 Å². The second-order valence-electron chi connectivity index (χ2n) is 7.63. The van der Waals surface area contributed by atoms with Crippen LogP contribution in [0.2, 0.25) is 5.02 Å². The number of hydrogen-bond donors (Lipinski definition) is 0. The third kappa shape index (κ3) is 4.62. The van der Waals surface area contributed by atoms with E-state index >= 15 is 0 Å². The van der Waals surface area contributed by atoms with E-state index in [1.807, 2.05) is 0 Å². The standard InChI is InChI=1S/C20H25ClN2O3S/c1-20(2,3)23-12-16(13-7-9-26-10-8-13)19(27-23)22-18(24)15-11-14(21)5-6-17(15)25-4/h5-6,11-13H,7-10H2,1-4H3/b22-19-. The molecule has 2 aromatic rings. The van der Waals surface area contributed by atoms with Crippen molar-refractivity contribution in [2.24, 2.45) is 4.99 Å². The van der Waals surface area contributed by atoms with Crippen molar-refractivity contribution in [3.8, 4) is 5.75 Å². The molecule has 7 heteroatoms. The van der Waals surface area contributed by atoms with Crippen LogP contribution in [0, 0.1) is 0 Å². The first-order valence-electron chi connectivity index (χ1n) is 9.03. The third-order valence-corrected chi connectivity index (χ3v) is 6.19. The first kappa shape index (κ1) is 20.1. The molecule has 0 atom stereocenters. The van der Waals surface area contributed by atoms with E-state index < -0.39 is 0 Å². The number of methoxy groups -OCH3 is 1. The molecule has 1 saturated heterocycles. The summed E-state index contributed by atoms with van der Waals surface area (Å²) in [4.78, 5) is 17.4. The van der Waals surface area contributed by atoms with Gasteiger partial charge in [0.05, 0.1) is 12.7 Å². The minimum absolute atomic E-state index is 0.0743. The summed E-state index contributed by atoms with van der Waals surface area (Å²) < 4.78 is 13.7. The van der Waals surface area contributed by atoms with Gasteiger partial charge in [-0.15, -0.1) is 0 Å². The molecule has 0 aliphatic carbocycles. The van der Waals surface area contributed by atoms with Gasteiger partial charge in [0.2, 0.25) is 0 Å². The Morgan fingerprint density at radius 2 is 2.04 bits per heavy atom. The van der Waals surface area contributed by atoms with E-state index in [0.717, 1.165) is 36.3 Å². The molecule has 1 aliphatic rings. The van der Waals surface area contributed by atoms with Crippen molar-refractivity contribution in [3.63, 3.8) is 0 Å². The van der Waals surface area contributed by atoms with Crippen LogP contribution < -0.4 is 9.41 Å². The Balaban J connectivity index is 2.07. The Hall–Kier alpha value is -1.63. The summed E-state index contributed by atoms with van der Waals surface area (Å²) in [7, 11) is 1.53. The van der Waals surface area contributed by atoms with Crippen molar-refractivity contribution in [1.29, 1.82) is 0 Å². The Kier molecular flexibility index (Phi) is 6.08. The van der Waals surface area contributed by atoms with Crippen LogP contribution in [0.5, 0.6) is 5.75 Å². The highest BCUT2D eigenvalue weighted by molar-refractivity contribution is 7.04. The van der Waals surface area contributed by atoms with Gasteiger partial charge in [-0.05, 0) is 69.3 Å². The van der Waals surface area contributed by atoms with E-state index in [9.17, 15) is 4.79 Å². The highest BCUT2D eigenvalue weighted by Crippen LogP contribution is 2.28. The second kappa shape index (κ2) is 8.17. The molecule has 1 aromatic carbocycles. The summed E-state index contributed by atoms with van der Waals surface area (Å²) in [5.41, 5.74) is 1.42. The largest absolute Gasteiger partial charge is 0.496 e. The molecule has 1 aromatic heterocycles. The fraction of sp³-hybridized carbons (Fsp3) is 0.500. The lowest BCUT2D eigenvalue weighted by Crippen LogP contribution is -2.19. The number of nitrogens with zero attached hydrogens (tertiary/aromatic N) is 2. The van der Waals surface area contributed by atoms with Crippen molar-refractivity contribution < 1.29 is 14.3 Å². The second-order valence-corrected chi connectivity index (χ2v) is 9.02. The Morgan fingerprint density at radius 1 is 1.33 bits per heavy atom. The Labute approximate surface area is 168 Å². The summed E-state index contributed by atoms with van der Waals surface area (Å²) in [5, 5.41) is 0.481. The van der Waals surface area contributed by atoms with Crippen molar-refractivity contribution >= 4 is 29.0 Å². The van der Waals surface area contributed by atoms with E-state index in [2.05, 4.69) is 35.9 Å². The summed E-state index contributed by atoms with van der Waals surface area (Å²) >= 11 is 7.59. The maximum atomic E-state index is 12.9. The number of rotatable bonds is 3. The molecule has 146 valence electrons. The third-order valence-electron chi connectivity index (χ3n) is 4.61. The van der Waals surface area contributed by atoms with Gasteiger partial charge in [-0.3, -0.25) is 8.75 Å². The van der Waals surface area contributed by atoms with E-state index in [1.165, 1.54) is 18.6 Å². The molecule has 0 bridgehead atoms. The SMILES string of the molecule is COc1ccc(Cl)cc1C(=O)/N=c1\sn(C(C)(C)C)cc1C1CCOCC1. The lowest BCUT2D eigenvalue weighted by molar-refractivity contribution is 0.0850. The average Bonchev–Trinajstić information content (AvgIpc) is 3.06. The van der Waals surface area contributed by atoms with Crippen LogP contribution in [0.15, 0.2) is 29.4 Å². The van der Waals surface area contributed by atoms with Crippen molar-refractivity contribution in [1.82, 2.24) is 3.96 Å². The smallest absolute Gasteiger partial charge is 0.282 e. The lowest BCUT2D eigenvalue weighted by Gasteiger charge is -2.22. The van der Waals surface area contributed by atoms with Crippen LogP contribution in [0.25, 0.3) is 0 Å². The van der Waals surface area contributed by atoms with Gasteiger partial charge >= 0.3 is 0 Å². The minimum Gasteiger partial charge on any atom is -0.496 e. The van der Waals surface area contributed by atoms with Gasteiger partial charge in [0, 0.05) is 35.5 Å². The van der Waals surface area contributed by atoms with Gasteiger partial charge < -0.3 is 9.47 Å². The molecule has 5 nitrogen and oxygen atoms in total. The molecular formula is C20H25ClN2O3S. The van der Waals surface area contributed by atoms with Crippen LogP contribution >= 0.6 is 23.1 Å². The monoisotopic (exact) mass is 408 g/mol. The number of benzene rings is 1. The fourth-order valence-corrected chi connectivity index (χ4v) is 4.30. The van der Waals surface area contributed by atoms with Crippen LogP contribution in [-0.2, 0) is 10.3 Å². The molecule has 0 radical (unpaired) electrons. The lowest BCUT2D eigenvalue weighted by atomic mass is 9.94. The van der Waals surface area contributed by atoms with Crippen molar-refractivity contribution in [2.45, 2.75) is 45.1 Å². The summed E-state index contributed by atoms with van der Waals surface area (Å²) in [6.07, 6.45) is 4.03. The van der Waals surface area contributed by atoms with E-state index in [-0.39, 0.29) is 11.4 Å². The molecule has 3 rings (SSSR count). The fourth-order valence-electron chi connectivity index (χ4n) is 3.06. The van der Waals surface area contributed by atoms with Gasteiger partial charge in [-0.2, -0.15) is 4.99 Å². The van der Waals surface area contributed by atoms with Crippen molar-refractivity contribution in [2.75, 3.05) is 20.3 Å². The zero-order chi connectivity index (χ0) is 19.6. The summed E-state index contributed by atoms with van der Waals surface area (Å²) in [6.45, 7) is 7.91. The van der Waals surface area contributed by atoms with Gasteiger partial charge in [0.15, 0.2) is 0 Å². The number of carbonyl (C=O) groups is 1. The van der Waals surface area contributed by atoms with Crippen LogP contribution in [0.3, 0.4) is 0 Å². The zero-order valence-corrected chi connectivity index (χ0v) is 17.7. The number of hydrogen-bond acceptors (Lipinski definition) is 4. The predicted molar refractivity (Wildman–Crippen MR) is 108 cm³/mol. The van der Waals surface area contributed by atoms with E-state index in [4.69, 9.17) is 21.1 Å². The Morgan fingerprint density at radius 3 is 2.67 bits per heavy atom. The number of amides is 1. The molecule has 0 saturated carbocycles. The summed E-state index contributed by atoms with van der Waals surface area (Å²) in [5.74, 6) is 0.484. The molecule has 1 fully saturated rings. The first-order valence-corrected chi connectivity index (χ1v) is 10.2. The van der Waals surface area contributed by atoms with E-state index in [1.54, 1.807) is 18.2 Å².